The van der Waals surface area contributed by atoms with Gasteiger partial charge in [-0.3, -0.25) is 4.98 Å². The molecule has 0 saturated heterocycles. The van der Waals surface area contributed by atoms with Crippen LogP contribution in [0.15, 0.2) is 39.7 Å². The van der Waals surface area contributed by atoms with Crippen molar-refractivity contribution in [2.45, 2.75) is 19.8 Å². The minimum atomic E-state index is -0.565. The van der Waals surface area contributed by atoms with Gasteiger partial charge < -0.3 is 4.42 Å². The molecule has 0 N–H and O–H groups in total. The first-order valence-electron chi connectivity index (χ1n) is 5.85. The largest absolute Gasteiger partial charge is 0.439 e. The molecule has 0 radical (unpaired) electrons. The van der Waals surface area contributed by atoms with Crippen molar-refractivity contribution >= 4 is 21.9 Å². The molecule has 2 heterocycles. The first-order valence-corrected chi connectivity index (χ1v) is 5.85. The van der Waals surface area contributed by atoms with Crippen molar-refractivity contribution in [3.05, 3.63) is 46.7 Å². The molecule has 18 heavy (non-hydrogen) atoms. The minimum absolute atomic E-state index is 0.165. The number of fused-ring (bicyclic) bond motifs is 3. The van der Waals surface area contributed by atoms with Crippen LogP contribution in [0.3, 0.4) is 0 Å². The Balaban J connectivity index is 2.55. The predicted octanol–water partition coefficient (Wildman–Crippen LogP) is 2.86. The molecule has 0 saturated carbocycles. The fourth-order valence-electron chi connectivity index (χ4n) is 2.13. The van der Waals surface area contributed by atoms with Crippen LogP contribution in [0.25, 0.3) is 21.9 Å². The van der Waals surface area contributed by atoms with Gasteiger partial charge in [0.25, 0.3) is 0 Å². The van der Waals surface area contributed by atoms with Gasteiger partial charge in [-0.15, -0.1) is 0 Å². The maximum absolute atomic E-state index is 11.5. The molecule has 4 heteroatoms. The van der Waals surface area contributed by atoms with E-state index in [4.69, 9.17) is 4.42 Å². The second-order valence-corrected chi connectivity index (χ2v) is 4.54. The molecule has 1 aromatic carbocycles. The summed E-state index contributed by atoms with van der Waals surface area (Å²) in [6.07, 6.45) is 1.69. The lowest BCUT2D eigenvalue weighted by atomic mass is 10.0. The van der Waals surface area contributed by atoms with E-state index in [-0.39, 0.29) is 5.92 Å². The number of rotatable bonds is 1. The van der Waals surface area contributed by atoms with E-state index in [9.17, 15) is 4.79 Å². The van der Waals surface area contributed by atoms with Gasteiger partial charge in [0.05, 0.1) is 5.69 Å². The van der Waals surface area contributed by atoms with Crippen molar-refractivity contribution in [3.8, 4) is 0 Å². The number of pyridine rings is 1. The fraction of sp³-hybridized carbons (Fsp3) is 0.214. The van der Waals surface area contributed by atoms with Crippen LogP contribution >= 0.6 is 0 Å². The maximum Gasteiger partial charge on any atom is 0.439 e. The lowest BCUT2D eigenvalue weighted by Gasteiger charge is -2.08. The molecule has 0 unspecified atom stereocenters. The average Bonchev–Trinajstić information content (AvgIpc) is 2.37. The average molecular weight is 240 g/mol. The van der Waals surface area contributed by atoms with Crippen LogP contribution in [0, 0.1) is 0 Å². The summed E-state index contributed by atoms with van der Waals surface area (Å²) in [6, 6.07) is 7.71. The SMILES string of the molecule is CC(C)c1nc(=O)oc2c1ccc1cccnc12. The molecule has 0 aliphatic carbocycles. The summed E-state index contributed by atoms with van der Waals surface area (Å²) in [4.78, 5) is 19.8. The summed E-state index contributed by atoms with van der Waals surface area (Å²) in [5.41, 5.74) is 1.99. The van der Waals surface area contributed by atoms with Crippen molar-refractivity contribution in [1.29, 1.82) is 0 Å². The normalized spacial score (nSPS) is 11.5. The topological polar surface area (TPSA) is 56.0 Å². The number of hydrogen-bond acceptors (Lipinski definition) is 4. The lowest BCUT2D eigenvalue weighted by Crippen LogP contribution is -2.09. The highest BCUT2D eigenvalue weighted by atomic mass is 16.4. The van der Waals surface area contributed by atoms with Gasteiger partial charge >= 0.3 is 5.76 Å². The third kappa shape index (κ3) is 1.57. The van der Waals surface area contributed by atoms with Crippen molar-refractivity contribution in [2.24, 2.45) is 0 Å². The fourth-order valence-corrected chi connectivity index (χ4v) is 2.13. The highest BCUT2D eigenvalue weighted by Crippen LogP contribution is 2.27. The van der Waals surface area contributed by atoms with E-state index in [0.29, 0.717) is 11.1 Å². The van der Waals surface area contributed by atoms with Crippen LogP contribution in [0.4, 0.5) is 0 Å². The van der Waals surface area contributed by atoms with E-state index < -0.39 is 5.76 Å². The number of aromatic nitrogens is 2. The Hall–Kier alpha value is -2.23. The summed E-state index contributed by atoms with van der Waals surface area (Å²) < 4.78 is 5.24. The zero-order valence-corrected chi connectivity index (χ0v) is 10.2. The number of benzene rings is 1. The Morgan fingerprint density at radius 3 is 2.83 bits per heavy atom. The third-order valence-electron chi connectivity index (χ3n) is 2.95. The van der Waals surface area contributed by atoms with E-state index in [1.54, 1.807) is 6.20 Å². The van der Waals surface area contributed by atoms with E-state index in [0.717, 1.165) is 16.5 Å². The second kappa shape index (κ2) is 3.91. The van der Waals surface area contributed by atoms with Crippen LogP contribution in [-0.4, -0.2) is 9.97 Å². The molecule has 0 aliphatic rings. The van der Waals surface area contributed by atoms with E-state index in [1.807, 2.05) is 38.1 Å². The summed E-state index contributed by atoms with van der Waals surface area (Å²) in [5.74, 6) is -0.401. The summed E-state index contributed by atoms with van der Waals surface area (Å²) in [5, 5.41) is 1.81. The van der Waals surface area contributed by atoms with E-state index >= 15 is 0 Å². The maximum atomic E-state index is 11.5. The van der Waals surface area contributed by atoms with Crippen LogP contribution in [0.2, 0.25) is 0 Å². The van der Waals surface area contributed by atoms with Crippen molar-refractivity contribution in [2.75, 3.05) is 0 Å². The van der Waals surface area contributed by atoms with Crippen molar-refractivity contribution in [3.63, 3.8) is 0 Å². The molecule has 3 aromatic rings. The molecule has 3 rings (SSSR count). The zero-order valence-electron chi connectivity index (χ0n) is 10.2. The standard InChI is InChI=1S/C14H12N2O2/c1-8(2)11-10-6-5-9-4-3-7-15-12(9)13(10)18-14(17)16-11/h3-8H,1-2H3. The Morgan fingerprint density at radius 2 is 2.06 bits per heavy atom. The molecule has 0 amide bonds. The Morgan fingerprint density at radius 1 is 1.22 bits per heavy atom. The van der Waals surface area contributed by atoms with Gasteiger partial charge in [-0.25, -0.2) is 4.79 Å². The van der Waals surface area contributed by atoms with Crippen LogP contribution < -0.4 is 5.76 Å². The van der Waals surface area contributed by atoms with Crippen molar-refractivity contribution in [1.82, 2.24) is 9.97 Å². The Kier molecular flexibility index (Phi) is 2.37. The second-order valence-electron chi connectivity index (χ2n) is 4.54. The van der Waals surface area contributed by atoms with E-state index in [1.165, 1.54) is 0 Å². The molecule has 90 valence electrons. The quantitative estimate of drug-likeness (QED) is 0.614. The third-order valence-corrected chi connectivity index (χ3v) is 2.95. The van der Waals surface area contributed by atoms with Crippen LogP contribution in [0.1, 0.15) is 25.5 Å². The molecule has 0 aliphatic heterocycles. The molecular formula is C14H12N2O2. The predicted molar refractivity (Wildman–Crippen MR) is 69.7 cm³/mol. The monoisotopic (exact) mass is 240 g/mol. The minimum Gasteiger partial charge on any atom is -0.406 e. The first kappa shape index (κ1) is 10.9. The highest BCUT2D eigenvalue weighted by Gasteiger charge is 2.13. The number of nitrogens with zero attached hydrogens (tertiary/aromatic N) is 2. The summed E-state index contributed by atoms with van der Waals surface area (Å²) >= 11 is 0. The van der Waals surface area contributed by atoms with Gasteiger partial charge in [0.1, 0.15) is 5.52 Å². The van der Waals surface area contributed by atoms with Gasteiger partial charge in [0, 0.05) is 17.0 Å². The van der Waals surface area contributed by atoms with Crippen LogP contribution in [0.5, 0.6) is 0 Å². The van der Waals surface area contributed by atoms with Gasteiger partial charge in [0.2, 0.25) is 0 Å². The smallest absolute Gasteiger partial charge is 0.406 e. The van der Waals surface area contributed by atoms with E-state index in [2.05, 4.69) is 9.97 Å². The molecule has 4 nitrogen and oxygen atoms in total. The zero-order chi connectivity index (χ0) is 12.7. The molecule has 0 fully saturated rings. The Bertz CT molecular complexity index is 791. The van der Waals surface area contributed by atoms with Gasteiger partial charge in [-0.1, -0.05) is 26.0 Å². The van der Waals surface area contributed by atoms with Gasteiger partial charge in [0.15, 0.2) is 5.58 Å². The molecule has 0 spiro atoms. The highest BCUT2D eigenvalue weighted by molar-refractivity contribution is 6.02. The first-order chi connectivity index (χ1) is 8.66. The van der Waals surface area contributed by atoms with Gasteiger partial charge in [-0.05, 0) is 18.1 Å². The Labute approximate surface area is 103 Å². The lowest BCUT2D eigenvalue weighted by molar-refractivity contribution is 0.525. The molecule has 0 atom stereocenters. The van der Waals surface area contributed by atoms with Crippen molar-refractivity contribution < 1.29 is 4.42 Å². The molecule has 2 aromatic heterocycles. The summed E-state index contributed by atoms with van der Waals surface area (Å²) in [6.45, 7) is 4.01. The number of hydrogen-bond donors (Lipinski definition) is 0. The van der Waals surface area contributed by atoms with Gasteiger partial charge in [-0.2, -0.15) is 4.98 Å². The summed E-state index contributed by atoms with van der Waals surface area (Å²) in [7, 11) is 0. The van der Waals surface area contributed by atoms with Crippen LogP contribution in [-0.2, 0) is 0 Å². The molecular weight excluding hydrogens is 228 g/mol. The molecule has 0 bridgehead atoms.